The molecule has 1 atom stereocenters. The van der Waals surface area contributed by atoms with E-state index < -0.39 is 5.92 Å². The van der Waals surface area contributed by atoms with Gasteiger partial charge in [-0.05, 0) is 12.5 Å². The second kappa shape index (κ2) is 8.02. The predicted octanol–water partition coefficient (Wildman–Crippen LogP) is 2.06. The molecule has 1 aromatic rings. The highest BCUT2D eigenvalue weighted by atomic mass is 35.5. The minimum absolute atomic E-state index is 0. The number of ether oxygens (including phenoxy) is 1. The number of esters is 1. The Hall–Kier alpha value is -1.39. The van der Waals surface area contributed by atoms with Gasteiger partial charge in [0.1, 0.15) is 11.7 Å². The minimum atomic E-state index is -0.614. The summed E-state index contributed by atoms with van der Waals surface area (Å²) in [6.07, 6.45) is 0.427. The summed E-state index contributed by atoms with van der Waals surface area (Å²) in [6.45, 7) is 4.02. The molecule has 1 saturated heterocycles. The van der Waals surface area contributed by atoms with Crippen molar-refractivity contribution in [3.8, 4) is 0 Å². The molecule has 0 unspecified atom stereocenters. The number of hydrogen-bond acceptors (Lipinski definition) is 4. The fourth-order valence-corrected chi connectivity index (χ4v) is 2.33. The lowest BCUT2D eigenvalue weighted by Crippen LogP contribution is -2.44. The number of piperidine rings is 1. The van der Waals surface area contributed by atoms with E-state index in [2.05, 4.69) is 17.0 Å². The second-order valence-electron chi connectivity index (χ2n) is 4.74. The van der Waals surface area contributed by atoms with E-state index in [9.17, 15) is 9.59 Å². The highest BCUT2D eigenvalue weighted by Crippen LogP contribution is 2.17. The average Bonchev–Trinajstić information content (AvgIpc) is 2.42. The standard InChI is InChI=1S/C15H19NO3.ClH/c1-2-19-15(18)13-11-16(9-8-14(13)17)10-12-6-4-3-5-7-12;/h3-7,13H,2,8-11H2,1H3;1H/t13-;/m0./s1. The van der Waals surface area contributed by atoms with Gasteiger partial charge < -0.3 is 4.74 Å². The van der Waals surface area contributed by atoms with Crippen molar-refractivity contribution in [1.29, 1.82) is 0 Å². The van der Waals surface area contributed by atoms with E-state index in [-0.39, 0.29) is 24.2 Å². The van der Waals surface area contributed by atoms with Crippen LogP contribution in [0.25, 0.3) is 0 Å². The molecule has 20 heavy (non-hydrogen) atoms. The number of carbonyl (C=O) groups is 2. The molecule has 0 saturated carbocycles. The Morgan fingerprint density at radius 3 is 2.70 bits per heavy atom. The van der Waals surface area contributed by atoms with E-state index in [4.69, 9.17) is 4.74 Å². The van der Waals surface area contributed by atoms with Crippen LogP contribution in [-0.2, 0) is 20.9 Å². The van der Waals surface area contributed by atoms with Gasteiger partial charge in [-0.25, -0.2) is 0 Å². The van der Waals surface area contributed by atoms with Crippen molar-refractivity contribution in [2.24, 2.45) is 5.92 Å². The number of nitrogens with zero attached hydrogens (tertiary/aromatic N) is 1. The fourth-order valence-electron chi connectivity index (χ4n) is 2.33. The van der Waals surface area contributed by atoms with Crippen LogP contribution in [0.1, 0.15) is 18.9 Å². The van der Waals surface area contributed by atoms with Gasteiger partial charge in [-0.15, -0.1) is 12.4 Å². The van der Waals surface area contributed by atoms with E-state index in [0.29, 0.717) is 26.1 Å². The van der Waals surface area contributed by atoms with Crippen LogP contribution in [0.3, 0.4) is 0 Å². The molecule has 0 N–H and O–H groups in total. The zero-order valence-electron chi connectivity index (χ0n) is 11.6. The molecule has 1 aromatic carbocycles. The lowest BCUT2D eigenvalue weighted by Gasteiger charge is -2.30. The van der Waals surface area contributed by atoms with Crippen LogP contribution in [-0.4, -0.2) is 36.3 Å². The highest BCUT2D eigenvalue weighted by molar-refractivity contribution is 5.99. The molecule has 0 aliphatic carbocycles. The maximum absolute atomic E-state index is 11.8. The molecule has 2 rings (SSSR count). The number of hydrogen-bond donors (Lipinski definition) is 0. The number of Topliss-reactive ketones (excluding diaryl/α,β-unsaturated/α-hetero) is 1. The van der Waals surface area contributed by atoms with Crippen molar-refractivity contribution in [2.45, 2.75) is 19.9 Å². The molecule has 1 heterocycles. The van der Waals surface area contributed by atoms with E-state index in [1.807, 2.05) is 18.2 Å². The van der Waals surface area contributed by atoms with Crippen molar-refractivity contribution in [3.63, 3.8) is 0 Å². The van der Waals surface area contributed by atoms with Crippen LogP contribution in [0.5, 0.6) is 0 Å². The largest absolute Gasteiger partial charge is 0.465 e. The molecular weight excluding hydrogens is 278 g/mol. The third-order valence-electron chi connectivity index (χ3n) is 3.32. The topological polar surface area (TPSA) is 46.6 Å². The summed E-state index contributed by atoms with van der Waals surface area (Å²) >= 11 is 0. The Bertz CT molecular complexity index is 450. The number of likely N-dealkylation sites (tertiary alicyclic amines) is 1. The molecular formula is C15H20ClNO3. The van der Waals surface area contributed by atoms with Crippen molar-refractivity contribution < 1.29 is 14.3 Å². The zero-order valence-corrected chi connectivity index (χ0v) is 12.4. The molecule has 0 spiro atoms. The van der Waals surface area contributed by atoms with Crippen LogP contribution in [0, 0.1) is 5.92 Å². The first kappa shape index (κ1) is 16.7. The lowest BCUT2D eigenvalue weighted by atomic mass is 9.96. The first-order valence-corrected chi connectivity index (χ1v) is 6.66. The van der Waals surface area contributed by atoms with Crippen molar-refractivity contribution in [1.82, 2.24) is 4.90 Å². The number of rotatable bonds is 4. The molecule has 1 fully saturated rings. The molecule has 5 heteroatoms. The van der Waals surface area contributed by atoms with Gasteiger partial charge in [-0.2, -0.15) is 0 Å². The quantitative estimate of drug-likeness (QED) is 0.630. The second-order valence-corrected chi connectivity index (χ2v) is 4.74. The summed E-state index contributed by atoms with van der Waals surface area (Å²) in [6, 6.07) is 10.1. The Kier molecular flexibility index (Phi) is 6.68. The Morgan fingerprint density at radius 1 is 1.35 bits per heavy atom. The van der Waals surface area contributed by atoms with Gasteiger partial charge in [0.15, 0.2) is 0 Å². The van der Waals surface area contributed by atoms with Crippen molar-refractivity contribution >= 4 is 24.2 Å². The molecule has 0 bridgehead atoms. The van der Waals surface area contributed by atoms with Crippen LogP contribution in [0.4, 0.5) is 0 Å². The summed E-state index contributed by atoms with van der Waals surface area (Å²) in [4.78, 5) is 25.7. The third kappa shape index (κ3) is 4.32. The van der Waals surface area contributed by atoms with Gasteiger partial charge in [0.05, 0.1) is 6.61 Å². The van der Waals surface area contributed by atoms with Gasteiger partial charge in [-0.1, -0.05) is 30.3 Å². The van der Waals surface area contributed by atoms with Gasteiger partial charge in [0.25, 0.3) is 0 Å². The molecule has 4 nitrogen and oxygen atoms in total. The maximum atomic E-state index is 11.8. The summed E-state index contributed by atoms with van der Waals surface area (Å²) < 4.78 is 4.96. The summed E-state index contributed by atoms with van der Waals surface area (Å²) in [7, 11) is 0. The van der Waals surface area contributed by atoms with Crippen LogP contribution >= 0.6 is 12.4 Å². The molecule has 0 radical (unpaired) electrons. The zero-order chi connectivity index (χ0) is 13.7. The lowest BCUT2D eigenvalue weighted by molar-refractivity contribution is -0.154. The van der Waals surface area contributed by atoms with E-state index >= 15 is 0 Å². The SMILES string of the molecule is CCOC(=O)[C@H]1CN(Cc2ccccc2)CCC1=O.Cl. The summed E-state index contributed by atoms with van der Waals surface area (Å²) in [5.74, 6) is -0.995. The first-order chi connectivity index (χ1) is 9.20. The number of ketones is 1. The van der Waals surface area contributed by atoms with Crippen molar-refractivity contribution in [3.05, 3.63) is 35.9 Å². The Balaban J connectivity index is 0.00000200. The van der Waals surface area contributed by atoms with Gasteiger partial charge >= 0.3 is 5.97 Å². The Labute approximate surface area is 125 Å². The van der Waals surface area contributed by atoms with Crippen LogP contribution in [0.2, 0.25) is 0 Å². The maximum Gasteiger partial charge on any atom is 0.317 e. The van der Waals surface area contributed by atoms with E-state index in [1.165, 1.54) is 5.56 Å². The highest BCUT2D eigenvalue weighted by Gasteiger charge is 2.33. The van der Waals surface area contributed by atoms with Crippen molar-refractivity contribution in [2.75, 3.05) is 19.7 Å². The summed E-state index contributed by atoms with van der Waals surface area (Å²) in [5.41, 5.74) is 1.19. The van der Waals surface area contributed by atoms with E-state index in [0.717, 1.165) is 6.54 Å². The molecule has 0 aromatic heterocycles. The Morgan fingerprint density at radius 2 is 2.05 bits per heavy atom. The van der Waals surface area contributed by atoms with E-state index in [1.54, 1.807) is 6.92 Å². The molecule has 1 aliphatic heterocycles. The smallest absolute Gasteiger partial charge is 0.317 e. The van der Waals surface area contributed by atoms with Crippen LogP contribution in [0.15, 0.2) is 30.3 Å². The molecule has 1 aliphatic rings. The average molecular weight is 298 g/mol. The first-order valence-electron chi connectivity index (χ1n) is 6.66. The summed E-state index contributed by atoms with van der Waals surface area (Å²) in [5, 5.41) is 0. The predicted molar refractivity (Wildman–Crippen MR) is 78.7 cm³/mol. The minimum Gasteiger partial charge on any atom is -0.465 e. The number of carbonyl (C=O) groups excluding carboxylic acids is 2. The van der Waals surface area contributed by atoms with Gasteiger partial charge in [0, 0.05) is 26.1 Å². The monoisotopic (exact) mass is 297 g/mol. The fraction of sp³-hybridized carbons (Fsp3) is 0.467. The molecule has 0 amide bonds. The van der Waals surface area contributed by atoms with Crippen LogP contribution < -0.4 is 0 Å². The van der Waals surface area contributed by atoms with Gasteiger partial charge in [-0.3, -0.25) is 14.5 Å². The molecule has 110 valence electrons. The van der Waals surface area contributed by atoms with Gasteiger partial charge in [0.2, 0.25) is 0 Å². The number of benzene rings is 1. The third-order valence-corrected chi connectivity index (χ3v) is 3.32. The number of halogens is 1. The normalized spacial score (nSPS) is 19.2.